The van der Waals surface area contributed by atoms with E-state index in [0.29, 0.717) is 19.3 Å². The zero-order chi connectivity index (χ0) is 14.6. The van der Waals surface area contributed by atoms with Crippen LogP contribution in [-0.2, 0) is 19.7 Å². The van der Waals surface area contributed by atoms with E-state index in [1.165, 1.54) is 0 Å². The van der Waals surface area contributed by atoms with Crippen molar-refractivity contribution in [2.24, 2.45) is 5.92 Å². The van der Waals surface area contributed by atoms with Crippen molar-refractivity contribution in [2.45, 2.75) is 50.3 Å². The number of carboxylic acids is 1. The number of carboxylic acid groups (broad SMARTS) is 1. The molecule has 110 valence electrons. The van der Waals surface area contributed by atoms with Gasteiger partial charge in [0.2, 0.25) is 5.91 Å². The first-order valence-electron chi connectivity index (χ1n) is 6.25. The lowest BCUT2D eigenvalue weighted by Crippen LogP contribution is -2.43. The molecule has 1 aliphatic rings. The molecule has 0 aliphatic heterocycles. The minimum absolute atomic E-state index is 0.0448. The van der Waals surface area contributed by atoms with Gasteiger partial charge < -0.3 is 10.4 Å². The molecule has 8 heteroatoms. The normalized spacial score (nSPS) is 24.9. The number of hydrogen-bond donors (Lipinski definition) is 3. The van der Waals surface area contributed by atoms with E-state index in [1.54, 1.807) is 0 Å². The van der Waals surface area contributed by atoms with E-state index in [0.717, 1.165) is 0 Å². The van der Waals surface area contributed by atoms with Gasteiger partial charge in [-0.1, -0.05) is 13.3 Å². The number of amides is 1. The standard InChI is InChI=1S/C11H19NO6S/c1-2-3-9(11(14)15)12-10(13)7-4-5-8(6-7)19(16,17)18/h7-9H,2-6H2,1H3,(H,12,13)(H,14,15)(H,16,17,18)/t7-,8-,9-/m0/s1. The van der Waals surface area contributed by atoms with Crippen molar-refractivity contribution in [1.82, 2.24) is 5.32 Å². The summed E-state index contributed by atoms with van der Waals surface area (Å²) in [7, 11) is -4.12. The van der Waals surface area contributed by atoms with Crippen molar-refractivity contribution in [3.05, 3.63) is 0 Å². The highest BCUT2D eigenvalue weighted by molar-refractivity contribution is 7.86. The largest absolute Gasteiger partial charge is 0.480 e. The second-order valence-corrected chi connectivity index (χ2v) is 6.53. The van der Waals surface area contributed by atoms with Crippen molar-refractivity contribution in [2.75, 3.05) is 0 Å². The average molecular weight is 293 g/mol. The van der Waals surface area contributed by atoms with Crippen molar-refractivity contribution in [3.8, 4) is 0 Å². The highest BCUT2D eigenvalue weighted by atomic mass is 32.2. The van der Waals surface area contributed by atoms with Crippen LogP contribution in [0, 0.1) is 5.92 Å². The Morgan fingerprint density at radius 1 is 1.37 bits per heavy atom. The van der Waals surface area contributed by atoms with Gasteiger partial charge in [0.05, 0.1) is 5.25 Å². The Bertz CT molecular complexity index is 446. The minimum Gasteiger partial charge on any atom is -0.480 e. The summed E-state index contributed by atoms with van der Waals surface area (Å²) in [6.45, 7) is 1.81. The fraction of sp³-hybridized carbons (Fsp3) is 0.818. The van der Waals surface area contributed by atoms with Crippen LogP contribution < -0.4 is 5.32 Å². The summed E-state index contributed by atoms with van der Waals surface area (Å²) >= 11 is 0. The van der Waals surface area contributed by atoms with E-state index < -0.39 is 39.2 Å². The summed E-state index contributed by atoms with van der Waals surface area (Å²) in [6.07, 6.45) is 1.56. The molecule has 0 radical (unpaired) electrons. The molecule has 0 aromatic carbocycles. The van der Waals surface area contributed by atoms with Gasteiger partial charge in [0, 0.05) is 5.92 Å². The molecule has 0 aromatic heterocycles. The Balaban J connectivity index is 2.58. The number of carbonyl (C=O) groups excluding carboxylic acids is 1. The predicted molar refractivity (Wildman–Crippen MR) is 67.2 cm³/mol. The molecule has 1 fully saturated rings. The van der Waals surface area contributed by atoms with Crippen LogP contribution in [0.4, 0.5) is 0 Å². The number of hydrogen-bond acceptors (Lipinski definition) is 4. The molecule has 7 nitrogen and oxygen atoms in total. The Hall–Kier alpha value is -1.15. The van der Waals surface area contributed by atoms with Crippen LogP contribution in [0.5, 0.6) is 0 Å². The Kier molecular flexibility index (Phi) is 5.30. The number of nitrogens with one attached hydrogen (secondary N) is 1. The lowest BCUT2D eigenvalue weighted by Gasteiger charge is -2.16. The molecule has 0 saturated heterocycles. The first-order valence-corrected chi connectivity index (χ1v) is 7.75. The zero-order valence-electron chi connectivity index (χ0n) is 10.7. The number of carbonyl (C=O) groups is 2. The van der Waals surface area contributed by atoms with Gasteiger partial charge in [-0.15, -0.1) is 0 Å². The van der Waals surface area contributed by atoms with Crippen molar-refractivity contribution in [3.63, 3.8) is 0 Å². The third kappa shape index (κ3) is 4.46. The smallest absolute Gasteiger partial charge is 0.326 e. The molecule has 3 atom stereocenters. The molecular formula is C11H19NO6S. The molecule has 1 amide bonds. The van der Waals surface area contributed by atoms with Gasteiger partial charge in [-0.05, 0) is 25.7 Å². The quantitative estimate of drug-likeness (QED) is 0.610. The van der Waals surface area contributed by atoms with Crippen LogP contribution in [0.3, 0.4) is 0 Å². The van der Waals surface area contributed by atoms with Gasteiger partial charge >= 0.3 is 5.97 Å². The van der Waals surface area contributed by atoms with E-state index >= 15 is 0 Å². The molecule has 19 heavy (non-hydrogen) atoms. The van der Waals surface area contributed by atoms with Gasteiger partial charge in [0.1, 0.15) is 6.04 Å². The van der Waals surface area contributed by atoms with Crippen LogP contribution in [0.1, 0.15) is 39.0 Å². The van der Waals surface area contributed by atoms with Crippen molar-refractivity contribution >= 4 is 22.0 Å². The van der Waals surface area contributed by atoms with E-state index in [2.05, 4.69) is 5.32 Å². The topological polar surface area (TPSA) is 121 Å². The second-order valence-electron chi connectivity index (χ2n) is 4.84. The predicted octanol–water partition coefficient (Wildman–Crippen LogP) is 0.412. The summed E-state index contributed by atoms with van der Waals surface area (Å²) in [5.74, 6) is -2.10. The van der Waals surface area contributed by atoms with E-state index in [4.69, 9.17) is 9.66 Å². The van der Waals surface area contributed by atoms with Gasteiger partial charge in [-0.3, -0.25) is 9.35 Å². The third-order valence-electron chi connectivity index (χ3n) is 3.37. The van der Waals surface area contributed by atoms with Crippen LogP contribution in [0.15, 0.2) is 0 Å². The highest BCUT2D eigenvalue weighted by Gasteiger charge is 2.37. The maximum Gasteiger partial charge on any atom is 0.326 e. The van der Waals surface area contributed by atoms with Crippen LogP contribution in [-0.4, -0.2) is 41.2 Å². The molecule has 0 unspecified atom stereocenters. The van der Waals surface area contributed by atoms with Crippen molar-refractivity contribution < 1.29 is 27.7 Å². The Morgan fingerprint density at radius 3 is 2.42 bits per heavy atom. The summed E-state index contributed by atoms with van der Waals surface area (Å²) in [5, 5.41) is 10.4. The maximum absolute atomic E-state index is 11.9. The van der Waals surface area contributed by atoms with Crippen LogP contribution >= 0.6 is 0 Å². The fourth-order valence-corrected chi connectivity index (χ4v) is 3.19. The van der Waals surface area contributed by atoms with Crippen molar-refractivity contribution in [1.29, 1.82) is 0 Å². The monoisotopic (exact) mass is 293 g/mol. The minimum atomic E-state index is -4.12. The van der Waals surface area contributed by atoms with E-state index in [-0.39, 0.29) is 12.8 Å². The zero-order valence-corrected chi connectivity index (χ0v) is 11.5. The SMILES string of the molecule is CCC[C@H](NC(=O)[C@H]1CC[C@H](S(=O)(=O)O)C1)C(=O)O. The van der Waals surface area contributed by atoms with Crippen LogP contribution in [0.2, 0.25) is 0 Å². The average Bonchev–Trinajstić information content (AvgIpc) is 2.76. The lowest BCUT2D eigenvalue weighted by atomic mass is 10.1. The second kappa shape index (κ2) is 6.33. The molecular weight excluding hydrogens is 274 g/mol. The van der Waals surface area contributed by atoms with Crippen LogP contribution in [0.25, 0.3) is 0 Å². The van der Waals surface area contributed by atoms with Gasteiger partial charge in [0.15, 0.2) is 0 Å². The molecule has 1 saturated carbocycles. The summed E-state index contributed by atoms with van der Waals surface area (Å²) in [4.78, 5) is 22.8. The Morgan fingerprint density at radius 2 is 2.00 bits per heavy atom. The molecule has 0 spiro atoms. The van der Waals surface area contributed by atoms with Gasteiger partial charge in [-0.2, -0.15) is 8.42 Å². The van der Waals surface area contributed by atoms with E-state index in [9.17, 15) is 18.0 Å². The van der Waals surface area contributed by atoms with Gasteiger partial charge in [-0.25, -0.2) is 4.79 Å². The lowest BCUT2D eigenvalue weighted by molar-refractivity contribution is -0.142. The molecule has 0 bridgehead atoms. The maximum atomic E-state index is 11.9. The molecule has 0 aromatic rings. The molecule has 0 heterocycles. The van der Waals surface area contributed by atoms with E-state index in [1.807, 2.05) is 6.92 Å². The summed E-state index contributed by atoms with van der Waals surface area (Å²) in [5.41, 5.74) is 0. The summed E-state index contributed by atoms with van der Waals surface area (Å²) in [6, 6.07) is -0.942. The molecule has 3 N–H and O–H groups in total. The first-order chi connectivity index (χ1) is 8.75. The highest BCUT2D eigenvalue weighted by Crippen LogP contribution is 2.30. The van der Waals surface area contributed by atoms with Gasteiger partial charge in [0.25, 0.3) is 10.1 Å². The third-order valence-corrected chi connectivity index (χ3v) is 4.64. The number of aliphatic carboxylic acids is 1. The first kappa shape index (κ1) is 15.9. The molecule has 1 aliphatic carbocycles. The molecule has 1 rings (SSSR count). The number of rotatable bonds is 6. The summed E-state index contributed by atoms with van der Waals surface area (Å²) < 4.78 is 30.8. The Labute approximate surface area is 112 Å². The fourth-order valence-electron chi connectivity index (χ4n) is 2.28.